The number of methoxy groups -OCH3 is 1. The van der Waals surface area contributed by atoms with Crippen LogP contribution in [0.2, 0.25) is 10.0 Å². The number of nitrogens with zero attached hydrogens (tertiary/aromatic N) is 6. The average molecular weight is 578 g/mol. The van der Waals surface area contributed by atoms with E-state index in [0.29, 0.717) is 22.0 Å². The quantitative estimate of drug-likeness (QED) is 0.337. The highest BCUT2D eigenvalue weighted by Crippen LogP contribution is 2.34. The second kappa shape index (κ2) is 11.6. The fraction of sp³-hybridized carbons (Fsp3) is 0.571. The van der Waals surface area contributed by atoms with E-state index < -0.39 is 12.1 Å². The molecule has 1 aromatic carbocycles. The number of esters is 1. The number of carbonyl (C=O) groups is 1. The Balaban J connectivity index is 1.34. The van der Waals surface area contributed by atoms with Crippen LogP contribution in [0.5, 0.6) is 0 Å². The number of halogens is 3. The van der Waals surface area contributed by atoms with Crippen molar-refractivity contribution in [1.29, 1.82) is 0 Å². The summed E-state index contributed by atoms with van der Waals surface area (Å²) >= 11 is 12.6. The molecule has 8 nitrogen and oxygen atoms in total. The number of ether oxygens (including phenoxy) is 1. The van der Waals surface area contributed by atoms with E-state index in [1.165, 1.54) is 7.11 Å². The minimum absolute atomic E-state index is 0.0627. The Hall–Kier alpha value is -2.49. The summed E-state index contributed by atoms with van der Waals surface area (Å²) < 4.78 is 20.9. The minimum atomic E-state index is -1.57. The molecule has 4 heterocycles. The van der Waals surface area contributed by atoms with Crippen LogP contribution in [0.15, 0.2) is 24.4 Å². The largest absolute Gasteiger partial charge is 0.467 e. The number of anilines is 1. The van der Waals surface area contributed by atoms with Crippen molar-refractivity contribution in [3.8, 4) is 0 Å². The fourth-order valence-electron chi connectivity index (χ4n) is 6.28. The van der Waals surface area contributed by atoms with Gasteiger partial charge in [0.2, 0.25) is 0 Å². The molecule has 2 saturated heterocycles. The molecule has 210 valence electrons. The number of rotatable bonds is 7. The predicted octanol–water partition coefficient (Wildman–Crippen LogP) is 5.63. The summed E-state index contributed by atoms with van der Waals surface area (Å²) in [7, 11) is 1.24. The first-order valence-corrected chi connectivity index (χ1v) is 14.3. The first-order valence-electron chi connectivity index (χ1n) is 13.6. The number of alkyl halides is 1. The SMILES string of the molecule is COC(=O)C(F)CC1CCCN1C1CCN(c2cnc3c(C)nn(C(C)c4ccc(Cl)cc4Cl)c3n2)CC1C. The van der Waals surface area contributed by atoms with Gasteiger partial charge in [-0.05, 0) is 63.3 Å². The number of aromatic nitrogens is 4. The van der Waals surface area contributed by atoms with Crippen molar-refractivity contribution in [1.82, 2.24) is 24.6 Å². The summed E-state index contributed by atoms with van der Waals surface area (Å²) in [4.78, 5) is 26.1. The molecule has 11 heteroatoms. The van der Waals surface area contributed by atoms with Gasteiger partial charge in [-0.1, -0.05) is 36.2 Å². The maximum Gasteiger partial charge on any atom is 0.340 e. The van der Waals surface area contributed by atoms with Crippen LogP contribution in [0.3, 0.4) is 0 Å². The zero-order valence-corrected chi connectivity index (χ0v) is 24.3. The number of piperidine rings is 1. The summed E-state index contributed by atoms with van der Waals surface area (Å²) in [5, 5.41) is 5.93. The molecule has 5 atom stereocenters. The Morgan fingerprint density at radius 3 is 2.77 bits per heavy atom. The van der Waals surface area contributed by atoms with E-state index in [9.17, 15) is 9.18 Å². The van der Waals surface area contributed by atoms with Gasteiger partial charge in [-0.3, -0.25) is 4.90 Å². The van der Waals surface area contributed by atoms with Gasteiger partial charge in [0, 0.05) is 41.6 Å². The highest BCUT2D eigenvalue weighted by Gasteiger charge is 2.39. The van der Waals surface area contributed by atoms with Crippen molar-refractivity contribution in [2.75, 3.05) is 31.6 Å². The number of hydrogen-bond acceptors (Lipinski definition) is 7. The number of hydrogen-bond donors (Lipinski definition) is 0. The summed E-state index contributed by atoms with van der Waals surface area (Å²) in [6.07, 6.45) is 3.31. The Morgan fingerprint density at radius 2 is 2.05 bits per heavy atom. The van der Waals surface area contributed by atoms with Gasteiger partial charge < -0.3 is 9.64 Å². The summed E-state index contributed by atoms with van der Waals surface area (Å²) in [6, 6.07) is 5.72. The standard InChI is InChI=1S/C28H35Cl2FN6O2/c1-16-15-35(11-9-24(16)36-10-5-6-20(36)13-23(31)28(38)39-4)25-14-32-26-17(2)34-37(27(26)33-25)18(3)21-8-7-19(29)12-22(21)30/h7-8,12,14,16,18,20,23-24H,5-6,9-11,13,15H2,1-4H3. The first kappa shape index (κ1) is 28.1. The van der Waals surface area contributed by atoms with Gasteiger partial charge in [0.1, 0.15) is 11.3 Å². The third-order valence-electron chi connectivity index (χ3n) is 8.31. The number of aryl methyl sites for hydroxylation is 1. The Kier molecular flexibility index (Phi) is 8.31. The van der Waals surface area contributed by atoms with Crippen molar-refractivity contribution in [2.45, 2.75) is 70.8 Å². The van der Waals surface area contributed by atoms with Gasteiger partial charge in [0.15, 0.2) is 11.8 Å². The van der Waals surface area contributed by atoms with Crippen molar-refractivity contribution in [3.05, 3.63) is 45.7 Å². The van der Waals surface area contributed by atoms with Crippen LogP contribution >= 0.6 is 23.2 Å². The van der Waals surface area contributed by atoms with E-state index in [0.717, 1.165) is 67.1 Å². The van der Waals surface area contributed by atoms with Gasteiger partial charge in [0.25, 0.3) is 0 Å². The van der Waals surface area contributed by atoms with Crippen molar-refractivity contribution < 1.29 is 13.9 Å². The van der Waals surface area contributed by atoms with E-state index in [1.807, 2.05) is 36.9 Å². The molecule has 2 fully saturated rings. The van der Waals surface area contributed by atoms with Gasteiger partial charge in [-0.25, -0.2) is 23.8 Å². The maximum atomic E-state index is 14.4. The fourth-order valence-corrected chi connectivity index (χ4v) is 6.85. The minimum Gasteiger partial charge on any atom is -0.467 e. The molecule has 0 bridgehead atoms. The highest BCUT2D eigenvalue weighted by molar-refractivity contribution is 6.35. The molecule has 0 radical (unpaired) electrons. The van der Waals surface area contributed by atoms with E-state index in [2.05, 4.69) is 21.5 Å². The molecule has 0 spiro atoms. The molecule has 0 N–H and O–H groups in total. The topological polar surface area (TPSA) is 76.4 Å². The van der Waals surface area contributed by atoms with Gasteiger partial charge in [-0.15, -0.1) is 0 Å². The molecule has 3 aromatic rings. The van der Waals surface area contributed by atoms with Crippen LogP contribution in [0.25, 0.3) is 11.2 Å². The molecule has 2 aliphatic heterocycles. The summed E-state index contributed by atoms with van der Waals surface area (Å²) in [6.45, 7) is 8.78. The third-order valence-corrected chi connectivity index (χ3v) is 8.87. The smallest absolute Gasteiger partial charge is 0.340 e. The third kappa shape index (κ3) is 5.58. The molecule has 0 aliphatic carbocycles. The van der Waals surface area contributed by atoms with Gasteiger partial charge in [-0.2, -0.15) is 5.10 Å². The molecule has 5 unspecified atom stereocenters. The molecular formula is C28H35Cl2FN6O2. The molecule has 0 amide bonds. The first-order chi connectivity index (χ1) is 18.7. The maximum absolute atomic E-state index is 14.4. The Labute approximate surface area is 238 Å². The number of likely N-dealkylation sites (tertiary alicyclic amines) is 1. The van der Waals surface area contributed by atoms with Crippen LogP contribution in [0.1, 0.15) is 56.8 Å². The zero-order valence-electron chi connectivity index (χ0n) is 22.8. The second-order valence-corrected chi connectivity index (χ2v) is 11.7. The van der Waals surface area contributed by atoms with E-state index in [4.69, 9.17) is 38.3 Å². The van der Waals surface area contributed by atoms with Crippen molar-refractivity contribution in [2.24, 2.45) is 5.92 Å². The molecule has 2 aliphatic rings. The molecular weight excluding hydrogens is 542 g/mol. The monoisotopic (exact) mass is 576 g/mol. The zero-order chi connectivity index (χ0) is 27.8. The second-order valence-electron chi connectivity index (χ2n) is 10.8. The molecule has 0 saturated carbocycles. The van der Waals surface area contributed by atoms with Crippen LogP contribution in [0.4, 0.5) is 10.2 Å². The van der Waals surface area contributed by atoms with Crippen molar-refractivity contribution in [3.63, 3.8) is 0 Å². The van der Waals surface area contributed by atoms with Crippen LogP contribution in [-0.4, -0.2) is 75.6 Å². The highest BCUT2D eigenvalue weighted by atomic mass is 35.5. The lowest BCUT2D eigenvalue weighted by atomic mass is 9.91. The molecule has 39 heavy (non-hydrogen) atoms. The van der Waals surface area contributed by atoms with Crippen LogP contribution < -0.4 is 4.90 Å². The molecule has 2 aromatic heterocycles. The van der Waals surface area contributed by atoms with Crippen LogP contribution in [-0.2, 0) is 9.53 Å². The lowest BCUT2D eigenvalue weighted by molar-refractivity contribution is -0.147. The van der Waals surface area contributed by atoms with Gasteiger partial charge in [0.05, 0.1) is 25.0 Å². The van der Waals surface area contributed by atoms with E-state index in [-0.39, 0.29) is 18.5 Å². The summed E-state index contributed by atoms with van der Waals surface area (Å²) in [5.74, 6) is 0.378. The predicted molar refractivity (Wildman–Crippen MR) is 151 cm³/mol. The lowest BCUT2D eigenvalue weighted by Crippen LogP contribution is -2.52. The van der Waals surface area contributed by atoms with E-state index >= 15 is 0 Å². The lowest BCUT2D eigenvalue weighted by Gasteiger charge is -2.44. The van der Waals surface area contributed by atoms with Crippen LogP contribution in [0, 0.1) is 12.8 Å². The van der Waals surface area contributed by atoms with E-state index in [1.54, 1.807) is 6.07 Å². The number of fused-ring (bicyclic) bond motifs is 1. The Bertz CT molecular complexity index is 1350. The summed E-state index contributed by atoms with van der Waals surface area (Å²) in [5.41, 5.74) is 3.21. The molecule has 5 rings (SSSR count). The Morgan fingerprint density at radius 1 is 1.26 bits per heavy atom. The van der Waals surface area contributed by atoms with Gasteiger partial charge >= 0.3 is 5.97 Å². The normalized spacial score (nSPS) is 23.8. The average Bonchev–Trinajstić information content (AvgIpc) is 3.51. The van der Waals surface area contributed by atoms with Crippen molar-refractivity contribution >= 4 is 46.2 Å². The number of carbonyl (C=O) groups excluding carboxylic acids is 1. The number of benzene rings is 1.